The fourth-order valence-electron chi connectivity index (χ4n) is 1.38. The molecule has 0 saturated heterocycles. The van der Waals surface area contributed by atoms with Gasteiger partial charge in [0.1, 0.15) is 12.1 Å². The lowest BCUT2D eigenvalue weighted by Crippen LogP contribution is -2.13. The summed E-state index contributed by atoms with van der Waals surface area (Å²) in [6, 6.07) is 0. The second-order valence-electron chi connectivity index (χ2n) is 3.63. The molecule has 1 heterocycles. The molecule has 0 saturated carbocycles. The van der Waals surface area contributed by atoms with E-state index < -0.39 is 0 Å². The van der Waals surface area contributed by atoms with Crippen LogP contribution in [0.25, 0.3) is 0 Å². The van der Waals surface area contributed by atoms with Gasteiger partial charge in [0.05, 0.1) is 18.8 Å². The van der Waals surface area contributed by atoms with E-state index in [1.54, 1.807) is 7.11 Å². The molecule has 1 rings (SSSR count). The Kier molecular flexibility index (Phi) is 4.98. The number of hydrogen-bond acceptors (Lipinski definition) is 5. The van der Waals surface area contributed by atoms with Gasteiger partial charge in [-0.25, -0.2) is 9.97 Å². The molecule has 0 aliphatic rings. The molecule has 5 nitrogen and oxygen atoms in total. The van der Waals surface area contributed by atoms with E-state index >= 15 is 0 Å². The Morgan fingerprint density at radius 3 is 2.88 bits per heavy atom. The molecule has 0 amide bonds. The van der Waals surface area contributed by atoms with Crippen LogP contribution in [0.2, 0.25) is 0 Å². The third kappa shape index (κ3) is 3.34. The van der Waals surface area contributed by atoms with Crippen LogP contribution < -0.4 is 10.1 Å². The van der Waals surface area contributed by atoms with Gasteiger partial charge in [0.15, 0.2) is 0 Å². The lowest BCUT2D eigenvalue weighted by atomic mass is 10.2. The van der Waals surface area contributed by atoms with Crippen LogP contribution in [0.4, 0.5) is 5.82 Å². The van der Waals surface area contributed by atoms with E-state index in [2.05, 4.69) is 15.3 Å². The van der Waals surface area contributed by atoms with E-state index in [-0.39, 0.29) is 6.10 Å². The predicted molar refractivity (Wildman–Crippen MR) is 62.7 cm³/mol. The highest BCUT2D eigenvalue weighted by Crippen LogP contribution is 2.19. The van der Waals surface area contributed by atoms with Crippen LogP contribution in [0.3, 0.4) is 0 Å². The molecule has 0 aromatic carbocycles. The summed E-state index contributed by atoms with van der Waals surface area (Å²) >= 11 is 0. The number of hydrogen-bond donors (Lipinski definition) is 2. The molecule has 0 fully saturated rings. The number of anilines is 1. The highest BCUT2D eigenvalue weighted by atomic mass is 16.5. The molecule has 2 N–H and O–H groups in total. The van der Waals surface area contributed by atoms with E-state index in [4.69, 9.17) is 4.74 Å². The Morgan fingerprint density at radius 1 is 1.50 bits per heavy atom. The largest absolute Gasteiger partial charge is 0.481 e. The summed E-state index contributed by atoms with van der Waals surface area (Å²) in [6.45, 7) is 4.55. The van der Waals surface area contributed by atoms with Crippen LogP contribution in [0, 0.1) is 6.92 Å². The summed E-state index contributed by atoms with van der Waals surface area (Å²) in [6.07, 6.45) is 2.69. The first-order valence-electron chi connectivity index (χ1n) is 5.46. The topological polar surface area (TPSA) is 67.3 Å². The van der Waals surface area contributed by atoms with Gasteiger partial charge in [-0.3, -0.25) is 0 Å². The molecule has 0 aliphatic carbocycles. The van der Waals surface area contributed by atoms with Gasteiger partial charge in [-0.1, -0.05) is 6.92 Å². The minimum Gasteiger partial charge on any atom is -0.481 e. The van der Waals surface area contributed by atoms with Crippen molar-refractivity contribution in [1.82, 2.24) is 9.97 Å². The minimum absolute atomic E-state index is 0.253. The molecule has 0 bridgehead atoms. The van der Waals surface area contributed by atoms with Crippen molar-refractivity contribution in [3.8, 4) is 5.88 Å². The van der Waals surface area contributed by atoms with Crippen LogP contribution in [0.15, 0.2) is 6.33 Å². The fraction of sp³-hybridized carbons (Fsp3) is 0.636. The fourth-order valence-corrected chi connectivity index (χ4v) is 1.38. The maximum Gasteiger partial charge on any atom is 0.221 e. The highest BCUT2D eigenvalue weighted by molar-refractivity contribution is 5.47. The molecule has 0 radical (unpaired) electrons. The van der Waals surface area contributed by atoms with Gasteiger partial charge in [0, 0.05) is 6.54 Å². The van der Waals surface area contributed by atoms with Crippen molar-refractivity contribution in [3.63, 3.8) is 0 Å². The lowest BCUT2D eigenvalue weighted by Gasteiger charge is -2.12. The van der Waals surface area contributed by atoms with Gasteiger partial charge < -0.3 is 15.2 Å². The number of rotatable bonds is 6. The van der Waals surface area contributed by atoms with Crippen molar-refractivity contribution in [2.24, 2.45) is 0 Å². The van der Waals surface area contributed by atoms with Crippen LogP contribution >= 0.6 is 0 Å². The van der Waals surface area contributed by atoms with Crippen molar-refractivity contribution in [3.05, 3.63) is 11.9 Å². The molecular weight excluding hydrogens is 206 g/mol. The lowest BCUT2D eigenvalue weighted by molar-refractivity contribution is 0.164. The molecule has 1 unspecified atom stereocenters. The Balaban J connectivity index is 2.54. The second kappa shape index (κ2) is 6.27. The van der Waals surface area contributed by atoms with Crippen LogP contribution in [0.5, 0.6) is 5.88 Å². The summed E-state index contributed by atoms with van der Waals surface area (Å²) in [4.78, 5) is 8.12. The van der Waals surface area contributed by atoms with Gasteiger partial charge in [0.2, 0.25) is 5.88 Å². The predicted octanol–water partition coefficient (Wildman–Crippen LogP) is 1.37. The summed E-state index contributed by atoms with van der Waals surface area (Å²) in [7, 11) is 1.58. The first-order valence-corrected chi connectivity index (χ1v) is 5.46. The molecule has 5 heteroatoms. The molecule has 1 atom stereocenters. The number of nitrogens with zero attached hydrogens (tertiary/aromatic N) is 2. The van der Waals surface area contributed by atoms with Crippen molar-refractivity contribution >= 4 is 5.82 Å². The summed E-state index contributed by atoms with van der Waals surface area (Å²) in [5, 5.41) is 12.6. The summed E-state index contributed by atoms with van der Waals surface area (Å²) in [5.74, 6) is 1.34. The molecule has 90 valence electrons. The minimum atomic E-state index is -0.253. The maximum atomic E-state index is 9.41. The Labute approximate surface area is 95.9 Å². The molecule has 1 aromatic rings. The quantitative estimate of drug-likeness (QED) is 0.765. The van der Waals surface area contributed by atoms with E-state index in [0.717, 1.165) is 17.8 Å². The van der Waals surface area contributed by atoms with Crippen molar-refractivity contribution in [2.45, 2.75) is 32.8 Å². The third-order valence-corrected chi connectivity index (χ3v) is 2.47. The zero-order chi connectivity index (χ0) is 12.0. The zero-order valence-electron chi connectivity index (χ0n) is 10.0. The molecule has 0 aliphatic heterocycles. The summed E-state index contributed by atoms with van der Waals surface area (Å²) in [5.41, 5.74) is 0.885. The van der Waals surface area contributed by atoms with Gasteiger partial charge in [0.25, 0.3) is 0 Å². The monoisotopic (exact) mass is 225 g/mol. The average molecular weight is 225 g/mol. The standard InChI is InChI=1S/C11H19N3O2/c1-4-9(15)5-6-12-10-8(2)11(16-3)14-7-13-10/h7,9,15H,4-6H2,1-3H3,(H,12,13,14). The Hall–Kier alpha value is -1.36. The van der Waals surface area contributed by atoms with Crippen molar-refractivity contribution in [1.29, 1.82) is 0 Å². The van der Waals surface area contributed by atoms with Crippen LogP contribution in [-0.4, -0.2) is 34.8 Å². The Bertz CT molecular complexity index is 331. The second-order valence-corrected chi connectivity index (χ2v) is 3.63. The number of methoxy groups -OCH3 is 1. The third-order valence-electron chi connectivity index (χ3n) is 2.47. The number of ether oxygens (including phenoxy) is 1. The Morgan fingerprint density at radius 2 is 2.25 bits per heavy atom. The number of aliphatic hydroxyl groups is 1. The average Bonchev–Trinajstić information content (AvgIpc) is 2.31. The van der Waals surface area contributed by atoms with Crippen molar-refractivity contribution < 1.29 is 9.84 Å². The smallest absolute Gasteiger partial charge is 0.221 e. The summed E-state index contributed by atoms with van der Waals surface area (Å²) < 4.78 is 5.09. The molecule has 0 spiro atoms. The van der Waals surface area contributed by atoms with Crippen LogP contribution in [-0.2, 0) is 0 Å². The maximum absolute atomic E-state index is 9.41. The van der Waals surface area contributed by atoms with Gasteiger partial charge in [-0.2, -0.15) is 0 Å². The molecule has 16 heavy (non-hydrogen) atoms. The highest BCUT2D eigenvalue weighted by Gasteiger charge is 2.07. The number of nitrogens with one attached hydrogen (secondary N) is 1. The van der Waals surface area contributed by atoms with E-state index in [1.807, 2.05) is 13.8 Å². The van der Waals surface area contributed by atoms with Crippen molar-refractivity contribution in [2.75, 3.05) is 19.0 Å². The number of aliphatic hydroxyl groups excluding tert-OH is 1. The van der Waals surface area contributed by atoms with Gasteiger partial charge in [-0.05, 0) is 19.8 Å². The van der Waals surface area contributed by atoms with E-state index in [0.29, 0.717) is 18.8 Å². The SMILES string of the molecule is CCC(O)CCNc1ncnc(OC)c1C. The van der Waals surface area contributed by atoms with E-state index in [9.17, 15) is 5.11 Å². The van der Waals surface area contributed by atoms with E-state index in [1.165, 1.54) is 6.33 Å². The van der Waals surface area contributed by atoms with Gasteiger partial charge in [-0.15, -0.1) is 0 Å². The normalized spacial score (nSPS) is 12.2. The molecular formula is C11H19N3O2. The zero-order valence-corrected chi connectivity index (χ0v) is 10.0. The van der Waals surface area contributed by atoms with Crippen LogP contribution in [0.1, 0.15) is 25.3 Å². The first-order chi connectivity index (χ1) is 7.69. The number of aromatic nitrogens is 2. The van der Waals surface area contributed by atoms with Gasteiger partial charge >= 0.3 is 0 Å². The first kappa shape index (κ1) is 12.7. The molecule has 1 aromatic heterocycles.